The molecule has 0 radical (unpaired) electrons. The second-order valence-electron chi connectivity index (χ2n) is 7.97. The molecule has 0 N–H and O–H groups in total. The van der Waals surface area contributed by atoms with Crippen molar-refractivity contribution in [1.29, 1.82) is 0 Å². The molecule has 6 nitrogen and oxygen atoms in total. The van der Waals surface area contributed by atoms with Crippen molar-refractivity contribution in [3.8, 4) is 0 Å². The molecule has 0 aromatic heterocycles. The van der Waals surface area contributed by atoms with E-state index in [4.69, 9.17) is 11.6 Å². The average Bonchev–Trinajstić information content (AvgIpc) is 3.14. The Balaban J connectivity index is 1.46. The zero-order valence-corrected chi connectivity index (χ0v) is 16.3. The van der Waals surface area contributed by atoms with Crippen LogP contribution in [-0.4, -0.2) is 23.6 Å². The van der Waals surface area contributed by atoms with Gasteiger partial charge in [0.15, 0.2) is 0 Å². The van der Waals surface area contributed by atoms with E-state index in [-0.39, 0.29) is 52.3 Å². The molecule has 0 saturated carbocycles. The molecule has 7 heteroatoms. The number of carbonyl (C=O) groups is 4. The van der Waals surface area contributed by atoms with Gasteiger partial charge in [0.05, 0.1) is 40.1 Å². The van der Waals surface area contributed by atoms with E-state index >= 15 is 0 Å². The predicted octanol–water partition coefficient (Wildman–Crippen LogP) is 3.25. The van der Waals surface area contributed by atoms with Gasteiger partial charge < -0.3 is 0 Å². The van der Waals surface area contributed by atoms with Crippen molar-refractivity contribution < 1.29 is 19.2 Å². The molecule has 29 heavy (non-hydrogen) atoms. The van der Waals surface area contributed by atoms with Gasteiger partial charge in [-0.25, -0.2) is 9.80 Å². The summed E-state index contributed by atoms with van der Waals surface area (Å²) >= 11 is 6.44. The Morgan fingerprint density at radius 3 is 1.48 bits per heavy atom. The molecule has 0 bridgehead atoms. The SMILES string of the molecule is O=C1[C@H]2CC=CC[C@H]2C(=O)N1c1ccc(N2C(=O)[C@H]3CC=CC[C@H]3C2=O)c(Cl)c1. The van der Waals surface area contributed by atoms with Crippen LogP contribution in [0.2, 0.25) is 5.02 Å². The molecular weight excluding hydrogens is 392 g/mol. The minimum absolute atomic E-state index is 0.171. The second kappa shape index (κ2) is 6.66. The maximum atomic E-state index is 12.8. The van der Waals surface area contributed by atoms with E-state index in [0.29, 0.717) is 37.1 Å². The Hall–Kier alpha value is -2.73. The second-order valence-corrected chi connectivity index (χ2v) is 8.38. The minimum Gasteiger partial charge on any atom is -0.274 e. The fourth-order valence-corrected chi connectivity index (χ4v) is 5.17. The van der Waals surface area contributed by atoms with Crippen molar-refractivity contribution in [1.82, 2.24) is 0 Å². The lowest BCUT2D eigenvalue weighted by molar-refractivity contribution is -0.124. The van der Waals surface area contributed by atoms with Gasteiger partial charge in [-0.15, -0.1) is 0 Å². The van der Waals surface area contributed by atoms with Crippen LogP contribution in [-0.2, 0) is 19.2 Å². The highest BCUT2D eigenvalue weighted by Crippen LogP contribution is 2.43. The number of benzene rings is 1. The first-order valence-electron chi connectivity index (χ1n) is 9.84. The topological polar surface area (TPSA) is 74.8 Å². The van der Waals surface area contributed by atoms with E-state index in [1.165, 1.54) is 11.0 Å². The van der Waals surface area contributed by atoms with Gasteiger partial charge in [0, 0.05) is 0 Å². The van der Waals surface area contributed by atoms with Crippen LogP contribution in [0, 0.1) is 23.7 Å². The number of amides is 4. The molecule has 4 atom stereocenters. The number of allylic oxidation sites excluding steroid dienone is 4. The average molecular weight is 411 g/mol. The largest absolute Gasteiger partial charge is 0.274 e. The van der Waals surface area contributed by atoms with Gasteiger partial charge in [0.2, 0.25) is 23.6 Å². The fourth-order valence-electron chi connectivity index (χ4n) is 4.91. The van der Waals surface area contributed by atoms with Crippen LogP contribution in [0.1, 0.15) is 25.7 Å². The zero-order chi connectivity index (χ0) is 20.3. The van der Waals surface area contributed by atoms with E-state index < -0.39 is 0 Å². The standard InChI is InChI=1S/C22H19ClN2O4/c23-17-11-12(24-19(26)13-5-1-2-6-14(13)20(24)27)9-10-18(17)25-21(28)15-7-3-4-8-16(15)22(25)29/h1-4,9-11,13-16H,5-8H2/t13-,14+,15-,16+. The van der Waals surface area contributed by atoms with Gasteiger partial charge in [0.25, 0.3) is 0 Å². The van der Waals surface area contributed by atoms with Gasteiger partial charge in [-0.2, -0.15) is 0 Å². The third kappa shape index (κ3) is 2.62. The fraction of sp³-hybridized carbons (Fsp3) is 0.364. The molecule has 0 unspecified atom stereocenters. The Labute approximate surface area is 172 Å². The van der Waals surface area contributed by atoms with E-state index in [9.17, 15) is 19.2 Å². The third-order valence-corrected chi connectivity index (χ3v) is 6.75. The summed E-state index contributed by atoms with van der Waals surface area (Å²) in [4.78, 5) is 53.5. The molecule has 4 amide bonds. The van der Waals surface area contributed by atoms with Crippen molar-refractivity contribution in [2.24, 2.45) is 23.7 Å². The first-order valence-corrected chi connectivity index (χ1v) is 10.2. The first-order chi connectivity index (χ1) is 14.0. The molecule has 1 aromatic rings. The number of fused-ring (bicyclic) bond motifs is 2. The molecule has 2 aliphatic carbocycles. The summed E-state index contributed by atoms with van der Waals surface area (Å²) in [6.45, 7) is 0. The van der Waals surface area contributed by atoms with E-state index in [2.05, 4.69) is 0 Å². The number of halogens is 1. The highest BCUT2D eigenvalue weighted by Gasteiger charge is 2.50. The number of anilines is 2. The molecule has 2 saturated heterocycles. The van der Waals surface area contributed by atoms with Crippen molar-refractivity contribution in [3.05, 3.63) is 47.5 Å². The number of hydrogen-bond acceptors (Lipinski definition) is 4. The molecule has 2 aliphatic heterocycles. The predicted molar refractivity (Wildman–Crippen MR) is 107 cm³/mol. The summed E-state index contributed by atoms with van der Waals surface area (Å²) < 4.78 is 0. The summed E-state index contributed by atoms with van der Waals surface area (Å²) in [6.07, 6.45) is 9.95. The summed E-state index contributed by atoms with van der Waals surface area (Å²) in [5.41, 5.74) is 0.680. The number of rotatable bonds is 2. The monoisotopic (exact) mass is 410 g/mol. The lowest BCUT2D eigenvalue weighted by Crippen LogP contribution is -2.32. The molecule has 2 fully saturated rings. The maximum Gasteiger partial charge on any atom is 0.238 e. The Morgan fingerprint density at radius 2 is 1.07 bits per heavy atom. The number of imide groups is 2. The van der Waals surface area contributed by atoms with Crippen molar-refractivity contribution in [3.63, 3.8) is 0 Å². The van der Waals surface area contributed by atoms with Crippen molar-refractivity contribution in [2.75, 3.05) is 9.80 Å². The molecular formula is C22H19ClN2O4. The van der Waals surface area contributed by atoms with Crippen LogP contribution in [0.3, 0.4) is 0 Å². The van der Waals surface area contributed by atoms with E-state index in [1.807, 2.05) is 24.3 Å². The van der Waals surface area contributed by atoms with E-state index in [0.717, 1.165) is 4.90 Å². The van der Waals surface area contributed by atoms with Gasteiger partial charge in [-0.3, -0.25) is 19.2 Å². The lowest BCUT2D eigenvalue weighted by Gasteiger charge is -2.20. The van der Waals surface area contributed by atoms with Crippen LogP contribution >= 0.6 is 11.6 Å². The summed E-state index contributed by atoms with van der Waals surface area (Å²) in [6, 6.07) is 4.64. The molecule has 2 heterocycles. The quantitative estimate of drug-likeness (QED) is 0.554. The highest BCUT2D eigenvalue weighted by atomic mass is 35.5. The van der Waals surface area contributed by atoms with E-state index in [1.54, 1.807) is 12.1 Å². The van der Waals surface area contributed by atoms with Crippen LogP contribution < -0.4 is 9.80 Å². The molecule has 5 rings (SSSR count). The van der Waals surface area contributed by atoms with Crippen LogP contribution in [0.4, 0.5) is 11.4 Å². The van der Waals surface area contributed by atoms with Crippen molar-refractivity contribution >= 4 is 46.6 Å². The Morgan fingerprint density at radius 1 is 0.655 bits per heavy atom. The molecule has 148 valence electrons. The van der Waals surface area contributed by atoms with Gasteiger partial charge >= 0.3 is 0 Å². The molecule has 4 aliphatic rings. The van der Waals surface area contributed by atoms with Crippen LogP contribution in [0.5, 0.6) is 0 Å². The molecule has 1 aromatic carbocycles. The molecule has 0 spiro atoms. The number of nitrogens with zero attached hydrogens (tertiary/aromatic N) is 2. The lowest BCUT2D eigenvalue weighted by atomic mass is 9.85. The van der Waals surface area contributed by atoms with Crippen LogP contribution in [0.25, 0.3) is 0 Å². The Kier molecular flexibility index (Phi) is 4.21. The van der Waals surface area contributed by atoms with Gasteiger partial charge in [-0.1, -0.05) is 35.9 Å². The smallest absolute Gasteiger partial charge is 0.238 e. The summed E-state index contributed by atoms with van der Waals surface area (Å²) in [5, 5.41) is 0.171. The summed E-state index contributed by atoms with van der Waals surface area (Å²) in [7, 11) is 0. The highest BCUT2D eigenvalue weighted by molar-refractivity contribution is 6.36. The van der Waals surface area contributed by atoms with Crippen molar-refractivity contribution in [2.45, 2.75) is 25.7 Å². The normalized spacial score (nSPS) is 30.9. The zero-order valence-electron chi connectivity index (χ0n) is 15.6. The first kappa shape index (κ1) is 18.3. The number of carbonyl (C=O) groups excluding carboxylic acids is 4. The maximum absolute atomic E-state index is 12.8. The number of hydrogen-bond donors (Lipinski definition) is 0. The minimum atomic E-state index is -0.347. The summed E-state index contributed by atoms with van der Waals surface area (Å²) in [5.74, 6) is -2.29. The third-order valence-electron chi connectivity index (χ3n) is 6.45. The van der Waals surface area contributed by atoms with Crippen LogP contribution in [0.15, 0.2) is 42.5 Å². The van der Waals surface area contributed by atoms with Gasteiger partial charge in [0.1, 0.15) is 0 Å². The Bertz CT molecular complexity index is 962. The van der Waals surface area contributed by atoms with Gasteiger partial charge in [-0.05, 0) is 43.9 Å².